The number of thiazole rings is 1. The molecule has 4 heterocycles. The summed E-state index contributed by atoms with van der Waals surface area (Å²) in [4.78, 5) is 22.3. The van der Waals surface area contributed by atoms with E-state index in [9.17, 15) is 4.79 Å². The van der Waals surface area contributed by atoms with Crippen molar-refractivity contribution in [3.8, 4) is 0 Å². The molecule has 0 aliphatic carbocycles. The summed E-state index contributed by atoms with van der Waals surface area (Å²) in [5, 5.41) is 12.2. The summed E-state index contributed by atoms with van der Waals surface area (Å²) < 4.78 is 4.82. The van der Waals surface area contributed by atoms with Crippen molar-refractivity contribution in [2.45, 2.75) is 9.37 Å². The SMILES string of the molecule is O=c1c(/C=N\n2cnnc2)c(Sc2nc3ccccc3s2)nc2ccccn12. The van der Waals surface area contributed by atoms with Gasteiger partial charge in [0.1, 0.15) is 23.3 Å². The van der Waals surface area contributed by atoms with Gasteiger partial charge in [0.05, 0.1) is 22.0 Å². The highest BCUT2D eigenvalue weighted by Gasteiger charge is 2.15. The molecule has 5 rings (SSSR count). The highest BCUT2D eigenvalue weighted by Crippen LogP contribution is 2.34. The fourth-order valence-electron chi connectivity index (χ4n) is 2.63. The zero-order valence-corrected chi connectivity index (χ0v) is 15.8. The molecule has 0 atom stereocenters. The van der Waals surface area contributed by atoms with Crippen LogP contribution in [-0.4, -0.2) is 35.5 Å². The third-order valence-corrected chi connectivity index (χ3v) is 6.02. The average Bonchev–Trinajstić information content (AvgIpc) is 3.37. The molecule has 0 saturated carbocycles. The fraction of sp³-hybridized carbons (Fsp3) is 0. The topological polar surface area (TPSA) is 90.3 Å². The zero-order chi connectivity index (χ0) is 18.9. The monoisotopic (exact) mass is 405 g/mol. The van der Waals surface area contributed by atoms with Gasteiger partial charge >= 0.3 is 0 Å². The molecule has 0 unspecified atom stereocenters. The molecule has 0 aliphatic rings. The van der Waals surface area contributed by atoms with Gasteiger partial charge in [-0.05, 0) is 36.0 Å². The van der Waals surface area contributed by atoms with Crippen LogP contribution in [0.5, 0.6) is 0 Å². The minimum Gasteiger partial charge on any atom is -0.268 e. The molecule has 10 heteroatoms. The van der Waals surface area contributed by atoms with Gasteiger partial charge in [-0.1, -0.05) is 18.2 Å². The summed E-state index contributed by atoms with van der Waals surface area (Å²) in [6, 6.07) is 13.4. The molecule has 0 fully saturated rings. The van der Waals surface area contributed by atoms with Gasteiger partial charge in [-0.15, -0.1) is 21.5 Å². The molecule has 28 heavy (non-hydrogen) atoms. The van der Waals surface area contributed by atoms with Gasteiger partial charge in [-0.2, -0.15) is 5.10 Å². The lowest BCUT2D eigenvalue weighted by molar-refractivity contribution is 0.874. The van der Waals surface area contributed by atoms with E-state index in [4.69, 9.17) is 0 Å². The van der Waals surface area contributed by atoms with Crippen molar-refractivity contribution in [3.05, 3.63) is 77.2 Å². The Bertz CT molecular complexity index is 1340. The summed E-state index contributed by atoms with van der Waals surface area (Å²) in [5.74, 6) is 0. The van der Waals surface area contributed by atoms with E-state index >= 15 is 0 Å². The molecule has 4 aromatic heterocycles. The van der Waals surface area contributed by atoms with Crippen LogP contribution >= 0.6 is 23.1 Å². The Kier molecular flexibility index (Phi) is 4.18. The Morgan fingerprint density at radius 1 is 1.04 bits per heavy atom. The van der Waals surface area contributed by atoms with E-state index in [0.717, 1.165) is 14.6 Å². The number of hydrogen-bond donors (Lipinski definition) is 0. The Morgan fingerprint density at radius 3 is 2.71 bits per heavy atom. The quantitative estimate of drug-likeness (QED) is 0.337. The first-order valence-corrected chi connectivity index (χ1v) is 9.85. The molecule has 5 aromatic rings. The number of aromatic nitrogens is 6. The minimum absolute atomic E-state index is 0.203. The number of fused-ring (bicyclic) bond motifs is 2. The molecule has 1 aromatic carbocycles. The Labute approximate surface area is 166 Å². The van der Waals surface area contributed by atoms with E-state index in [2.05, 4.69) is 25.3 Å². The van der Waals surface area contributed by atoms with Crippen LogP contribution in [0.3, 0.4) is 0 Å². The molecule has 0 saturated heterocycles. The van der Waals surface area contributed by atoms with Gasteiger partial charge < -0.3 is 0 Å². The van der Waals surface area contributed by atoms with Crippen molar-refractivity contribution in [1.82, 2.24) is 29.2 Å². The molecular formula is C18H11N7OS2. The summed E-state index contributed by atoms with van der Waals surface area (Å²) in [6.45, 7) is 0. The number of nitrogens with zero attached hydrogens (tertiary/aromatic N) is 7. The second kappa shape index (κ2) is 6.98. The van der Waals surface area contributed by atoms with E-state index in [1.807, 2.05) is 30.3 Å². The fourth-order valence-corrected chi connectivity index (χ4v) is 4.70. The Balaban J connectivity index is 1.65. The van der Waals surface area contributed by atoms with E-state index in [1.165, 1.54) is 39.7 Å². The molecule has 136 valence electrons. The molecule has 8 nitrogen and oxygen atoms in total. The van der Waals surface area contributed by atoms with Gasteiger partial charge in [0, 0.05) is 6.20 Å². The number of benzene rings is 1. The Morgan fingerprint density at radius 2 is 1.86 bits per heavy atom. The number of rotatable bonds is 4. The molecule has 0 spiro atoms. The van der Waals surface area contributed by atoms with Crippen molar-refractivity contribution >= 4 is 45.2 Å². The maximum Gasteiger partial charge on any atom is 0.267 e. The number of hydrogen-bond acceptors (Lipinski definition) is 8. The van der Waals surface area contributed by atoms with Crippen molar-refractivity contribution in [1.29, 1.82) is 0 Å². The molecular weight excluding hydrogens is 394 g/mol. The van der Waals surface area contributed by atoms with Crippen LogP contribution in [0.2, 0.25) is 0 Å². The van der Waals surface area contributed by atoms with Gasteiger partial charge in [0.15, 0.2) is 4.34 Å². The van der Waals surface area contributed by atoms with Crippen LogP contribution in [0.4, 0.5) is 0 Å². The smallest absolute Gasteiger partial charge is 0.267 e. The third-order valence-electron chi connectivity index (χ3n) is 3.92. The molecule has 0 N–H and O–H groups in total. The number of para-hydroxylation sites is 1. The molecule has 0 radical (unpaired) electrons. The maximum atomic E-state index is 13.0. The molecule has 0 bridgehead atoms. The lowest BCUT2D eigenvalue weighted by Crippen LogP contribution is -2.20. The molecule has 0 aliphatic heterocycles. The third kappa shape index (κ3) is 3.08. The zero-order valence-electron chi connectivity index (χ0n) is 14.2. The van der Waals surface area contributed by atoms with Gasteiger partial charge in [-0.3, -0.25) is 9.20 Å². The number of pyridine rings is 1. The van der Waals surface area contributed by atoms with Crippen molar-refractivity contribution in [2.24, 2.45) is 5.10 Å². The van der Waals surface area contributed by atoms with Crippen molar-refractivity contribution in [2.75, 3.05) is 0 Å². The Hall–Kier alpha value is -3.37. The average molecular weight is 405 g/mol. The van der Waals surface area contributed by atoms with E-state index in [1.54, 1.807) is 29.7 Å². The van der Waals surface area contributed by atoms with Gasteiger partial charge in [-0.25, -0.2) is 14.6 Å². The van der Waals surface area contributed by atoms with Crippen LogP contribution < -0.4 is 5.56 Å². The lowest BCUT2D eigenvalue weighted by Gasteiger charge is -2.06. The highest BCUT2D eigenvalue weighted by atomic mass is 32.2. The largest absolute Gasteiger partial charge is 0.268 e. The van der Waals surface area contributed by atoms with E-state index < -0.39 is 0 Å². The van der Waals surface area contributed by atoms with Crippen LogP contribution in [-0.2, 0) is 0 Å². The summed E-state index contributed by atoms with van der Waals surface area (Å²) in [6.07, 6.45) is 6.06. The van der Waals surface area contributed by atoms with Crippen LogP contribution in [0.15, 0.2) is 80.6 Å². The highest BCUT2D eigenvalue weighted by molar-refractivity contribution is 8.01. The maximum absolute atomic E-state index is 13.0. The predicted molar refractivity (Wildman–Crippen MR) is 108 cm³/mol. The normalized spacial score (nSPS) is 11.7. The van der Waals surface area contributed by atoms with Crippen LogP contribution in [0.25, 0.3) is 15.9 Å². The molecule has 0 amide bonds. The first kappa shape index (κ1) is 16.8. The predicted octanol–water partition coefficient (Wildman–Crippen LogP) is 2.93. The first-order chi connectivity index (χ1) is 13.8. The van der Waals surface area contributed by atoms with Crippen molar-refractivity contribution < 1.29 is 0 Å². The summed E-state index contributed by atoms with van der Waals surface area (Å²) >= 11 is 2.92. The van der Waals surface area contributed by atoms with Crippen molar-refractivity contribution in [3.63, 3.8) is 0 Å². The van der Waals surface area contributed by atoms with Crippen LogP contribution in [0, 0.1) is 0 Å². The summed E-state index contributed by atoms with van der Waals surface area (Å²) in [5.41, 5.74) is 1.66. The van der Waals surface area contributed by atoms with E-state index in [-0.39, 0.29) is 5.56 Å². The second-order valence-electron chi connectivity index (χ2n) is 5.70. The van der Waals surface area contributed by atoms with Gasteiger partial charge in [0.2, 0.25) is 0 Å². The van der Waals surface area contributed by atoms with E-state index in [0.29, 0.717) is 16.2 Å². The lowest BCUT2D eigenvalue weighted by atomic mass is 10.3. The standard InChI is InChI=1S/C18H11N7OS2/c26-17-12(9-21-24-10-19-20-11-24)16(23-15-7-3-4-8-25(15)17)28-18-22-13-5-1-2-6-14(13)27-18/h1-11H/b21-9-. The second-order valence-corrected chi connectivity index (χ2v) is 7.97. The minimum atomic E-state index is -0.203. The first-order valence-electron chi connectivity index (χ1n) is 8.22. The van der Waals surface area contributed by atoms with Gasteiger partial charge in [0.25, 0.3) is 5.56 Å². The summed E-state index contributed by atoms with van der Waals surface area (Å²) in [7, 11) is 0. The van der Waals surface area contributed by atoms with Crippen LogP contribution in [0.1, 0.15) is 5.56 Å².